The minimum Gasteiger partial charge on any atom is -0.481 e. The van der Waals surface area contributed by atoms with Crippen LogP contribution < -0.4 is 15.5 Å². The summed E-state index contributed by atoms with van der Waals surface area (Å²) in [7, 11) is 0. The highest BCUT2D eigenvalue weighted by Gasteiger charge is 2.19. The maximum Gasteiger partial charge on any atom is 0.305 e. The van der Waals surface area contributed by atoms with E-state index in [4.69, 9.17) is 14.3 Å². The van der Waals surface area contributed by atoms with Crippen LogP contribution in [0.25, 0.3) is 21.5 Å². The lowest BCUT2D eigenvalue weighted by Crippen LogP contribution is -2.37. The van der Waals surface area contributed by atoms with Crippen molar-refractivity contribution >= 4 is 34.2 Å². The van der Waals surface area contributed by atoms with Crippen molar-refractivity contribution in [3.8, 4) is 16.3 Å². The molecule has 1 atom stereocenters. The standard InChI is InChI=1S/C21H22N2O6S/c1-4-13-7-14-17(28-9-15(19(14)26)21-23-11(2)10-30-21)8-16(13)29-12(3)20(27)22-6-5-18(24)25/h7-10,12H,4-6H2,1-3H3,(H,22,27)(H,24,25). The molecule has 2 aromatic heterocycles. The van der Waals surface area contributed by atoms with E-state index in [0.29, 0.717) is 33.7 Å². The summed E-state index contributed by atoms with van der Waals surface area (Å²) in [5.41, 5.74) is 2.17. The maximum absolute atomic E-state index is 13.0. The fourth-order valence-electron chi connectivity index (χ4n) is 2.89. The zero-order valence-corrected chi connectivity index (χ0v) is 17.7. The molecule has 3 rings (SSSR count). The van der Waals surface area contributed by atoms with Crippen LogP contribution in [0.1, 0.15) is 31.5 Å². The zero-order chi connectivity index (χ0) is 21.8. The third-order valence-electron chi connectivity index (χ3n) is 4.50. The van der Waals surface area contributed by atoms with Gasteiger partial charge in [-0.1, -0.05) is 6.92 Å². The zero-order valence-electron chi connectivity index (χ0n) is 16.9. The minimum atomic E-state index is -0.992. The monoisotopic (exact) mass is 430 g/mol. The van der Waals surface area contributed by atoms with E-state index in [0.717, 1.165) is 11.3 Å². The summed E-state index contributed by atoms with van der Waals surface area (Å²) in [6.45, 7) is 5.37. The molecule has 8 nitrogen and oxygen atoms in total. The SMILES string of the molecule is CCc1cc2c(=O)c(-c3nc(C)cs3)coc2cc1OC(C)C(=O)NCCC(=O)O. The first-order valence-electron chi connectivity index (χ1n) is 9.47. The van der Waals surface area contributed by atoms with Crippen LogP contribution in [0.2, 0.25) is 0 Å². The van der Waals surface area contributed by atoms with Crippen molar-refractivity contribution < 1.29 is 23.8 Å². The molecular weight excluding hydrogens is 408 g/mol. The van der Waals surface area contributed by atoms with Crippen molar-refractivity contribution in [1.29, 1.82) is 0 Å². The second kappa shape index (κ2) is 9.08. The van der Waals surface area contributed by atoms with Gasteiger partial charge in [-0.3, -0.25) is 14.4 Å². The summed E-state index contributed by atoms with van der Waals surface area (Å²) in [5, 5.41) is 14.1. The number of aliphatic carboxylic acids is 1. The lowest BCUT2D eigenvalue weighted by molar-refractivity contribution is -0.137. The number of carboxylic acid groups (broad SMARTS) is 1. The van der Waals surface area contributed by atoms with Crippen molar-refractivity contribution in [2.75, 3.05) is 6.54 Å². The van der Waals surface area contributed by atoms with Gasteiger partial charge in [0.05, 0.1) is 17.4 Å². The smallest absolute Gasteiger partial charge is 0.305 e. The van der Waals surface area contributed by atoms with Crippen LogP contribution >= 0.6 is 11.3 Å². The number of aryl methyl sites for hydroxylation is 2. The molecule has 1 amide bonds. The van der Waals surface area contributed by atoms with Gasteiger partial charge in [0.2, 0.25) is 5.43 Å². The third kappa shape index (κ3) is 4.68. The Bertz CT molecular complexity index is 1150. The number of hydrogen-bond donors (Lipinski definition) is 2. The van der Waals surface area contributed by atoms with Crippen molar-refractivity contribution in [2.24, 2.45) is 0 Å². The average Bonchev–Trinajstić information content (AvgIpc) is 3.13. The molecule has 1 unspecified atom stereocenters. The van der Waals surface area contributed by atoms with Crippen LogP contribution in [0, 0.1) is 6.92 Å². The number of aromatic nitrogens is 1. The van der Waals surface area contributed by atoms with Crippen LogP contribution in [-0.4, -0.2) is 34.6 Å². The summed E-state index contributed by atoms with van der Waals surface area (Å²) in [6.07, 6.45) is 0.964. The predicted octanol–water partition coefficient (Wildman–Crippen LogP) is 3.15. The number of hydrogen-bond acceptors (Lipinski definition) is 7. The molecule has 0 radical (unpaired) electrons. The first-order valence-corrected chi connectivity index (χ1v) is 10.3. The largest absolute Gasteiger partial charge is 0.481 e. The van der Waals surface area contributed by atoms with Crippen LogP contribution in [0.4, 0.5) is 0 Å². The molecule has 0 aliphatic rings. The van der Waals surface area contributed by atoms with Gasteiger partial charge in [-0.15, -0.1) is 11.3 Å². The molecule has 1 aromatic carbocycles. The molecule has 0 saturated carbocycles. The molecule has 2 N–H and O–H groups in total. The Morgan fingerprint density at radius 1 is 1.37 bits per heavy atom. The molecule has 0 fully saturated rings. The van der Waals surface area contributed by atoms with Crippen molar-refractivity contribution in [2.45, 2.75) is 39.7 Å². The van der Waals surface area contributed by atoms with Gasteiger partial charge in [-0.05, 0) is 31.9 Å². The van der Waals surface area contributed by atoms with Crippen molar-refractivity contribution in [1.82, 2.24) is 10.3 Å². The van der Waals surface area contributed by atoms with Crippen LogP contribution in [0.5, 0.6) is 5.75 Å². The molecule has 2 heterocycles. The Balaban J connectivity index is 1.88. The number of carbonyl (C=O) groups is 2. The number of nitrogens with zero attached hydrogens (tertiary/aromatic N) is 1. The fourth-order valence-corrected chi connectivity index (χ4v) is 3.69. The highest BCUT2D eigenvalue weighted by atomic mass is 32.1. The lowest BCUT2D eigenvalue weighted by atomic mass is 10.1. The first-order chi connectivity index (χ1) is 14.3. The maximum atomic E-state index is 13.0. The van der Waals surface area contributed by atoms with E-state index >= 15 is 0 Å². The topological polar surface area (TPSA) is 119 Å². The molecular formula is C21H22N2O6S. The highest BCUT2D eigenvalue weighted by Crippen LogP contribution is 2.29. The lowest BCUT2D eigenvalue weighted by Gasteiger charge is -2.17. The molecule has 0 bridgehead atoms. The summed E-state index contributed by atoms with van der Waals surface area (Å²) in [5.74, 6) is -0.977. The highest BCUT2D eigenvalue weighted by molar-refractivity contribution is 7.13. The van der Waals surface area contributed by atoms with Gasteiger partial charge in [0.25, 0.3) is 5.91 Å². The summed E-state index contributed by atoms with van der Waals surface area (Å²) >= 11 is 1.38. The van der Waals surface area contributed by atoms with E-state index < -0.39 is 18.0 Å². The summed E-state index contributed by atoms with van der Waals surface area (Å²) in [4.78, 5) is 40.0. The molecule has 3 aromatic rings. The van der Waals surface area contributed by atoms with Crippen molar-refractivity contribution in [3.63, 3.8) is 0 Å². The van der Waals surface area contributed by atoms with Gasteiger partial charge < -0.3 is 19.6 Å². The quantitative estimate of drug-likeness (QED) is 0.563. The van der Waals surface area contributed by atoms with Gasteiger partial charge in [0.1, 0.15) is 22.6 Å². The fraction of sp³-hybridized carbons (Fsp3) is 0.333. The predicted molar refractivity (Wildman–Crippen MR) is 113 cm³/mol. The van der Waals surface area contributed by atoms with E-state index in [9.17, 15) is 14.4 Å². The van der Waals surface area contributed by atoms with E-state index in [1.54, 1.807) is 19.1 Å². The number of ether oxygens (including phenoxy) is 1. The number of carboxylic acids is 1. The van der Waals surface area contributed by atoms with E-state index in [2.05, 4.69) is 10.3 Å². The second-order valence-electron chi connectivity index (χ2n) is 6.78. The summed E-state index contributed by atoms with van der Waals surface area (Å²) < 4.78 is 11.5. The van der Waals surface area contributed by atoms with Gasteiger partial charge in [0.15, 0.2) is 6.10 Å². The molecule has 30 heavy (non-hydrogen) atoms. The Kier molecular flexibility index (Phi) is 6.51. The van der Waals surface area contributed by atoms with Crippen LogP contribution in [0.15, 0.2) is 33.0 Å². The number of thiazole rings is 1. The van der Waals surface area contributed by atoms with Gasteiger partial charge in [0, 0.05) is 23.7 Å². The minimum absolute atomic E-state index is 0.0219. The molecule has 0 aliphatic carbocycles. The normalized spacial score (nSPS) is 12.0. The molecule has 0 aliphatic heterocycles. The van der Waals surface area contributed by atoms with E-state index in [1.807, 2.05) is 19.2 Å². The molecule has 9 heteroatoms. The van der Waals surface area contributed by atoms with E-state index in [-0.39, 0.29) is 18.4 Å². The Morgan fingerprint density at radius 2 is 2.13 bits per heavy atom. The summed E-state index contributed by atoms with van der Waals surface area (Å²) in [6, 6.07) is 3.32. The second-order valence-corrected chi connectivity index (χ2v) is 7.64. The number of rotatable bonds is 8. The van der Waals surface area contributed by atoms with Crippen LogP contribution in [-0.2, 0) is 16.0 Å². The van der Waals surface area contributed by atoms with Crippen LogP contribution in [0.3, 0.4) is 0 Å². The number of nitrogens with one attached hydrogen (secondary N) is 1. The molecule has 158 valence electrons. The van der Waals surface area contributed by atoms with Gasteiger partial charge >= 0.3 is 5.97 Å². The third-order valence-corrected chi connectivity index (χ3v) is 5.49. The Morgan fingerprint density at radius 3 is 2.77 bits per heavy atom. The number of fused-ring (bicyclic) bond motifs is 1. The Labute approximate surface area is 176 Å². The van der Waals surface area contributed by atoms with Gasteiger partial charge in [-0.2, -0.15) is 0 Å². The number of benzene rings is 1. The first kappa shape index (κ1) is 21.5. The van der Waals surface area contributed by atoms with E-state index in [1.165, 1.54) is 17.6 Å². The molecule has 0 spiro atoms. The number of carbonyl (C=O) groups excluding carboxylic acids is 1. The molecule has 0 saturated heterocycles. The van der Waals surface area contributed by atoms with Crippen molar-refractivity contribution in [3.05, 3.63) is 45.3 Å². The average molecular weight is 430 g/mol. The number of amides is 1. The van der Waals surface area contributed by atoms with Gasteiger partial charge in [-0.25, -0.2) is 4.98 Å². The Hall–Kier alpha value is -3.20.